The van der Waals surface area contributed by atoms with E-state index >= 15 is 0 Å². The van der Waals surface area contributed by atoms with Gasteiger partial charge in [-0.2, -0.15) is 0 Å². The van der Waals surface area contributed by atoms with E-state index in [-0.39, 0.29) is 5.63 Å². The van der Waals surface area contributed by atoms with Crippen LogP contribution in [0.25, 0.3) is 32.9 Å². The molecule has 0 amide bonds. The van der Waals surface area contributed by atoms with Gasteiger partial charge in [-0.1, -0.05) is 54.1 Å². The lowest BCUT2D eigenvalue weighted by molar-refractivity contribution is 0.569. The second kappa shape index (κ2) is 4.85. The molecule has 0 N–H and O–H groups in total. The first-order valence-electron chi connectivity index (χ1n) is 7.25. The summed E-state index contributed by atoms with van der Waals surface area (Å²) in [5.41, 5.74) is 3.81. The second-order valence-electron chi connectivity index (χ2n) is 5.51. The van der Waals surface area contributed by atoms with Crippen LogP contribution in [-0.2, 0) is 0 Å². The molecule has 0 atom stereocenters. The average molecular weight is 286 g/mol. The van der Waals surface area contributed by atoms with Crippen LogP contribution in [0.4, 0.5) is 0 Å². The predicted molar refractivity (Wildman–Crippen MR) is 90.2 cm³/mol. The molecule has 0 aliphatic heterocycles. The van der Waals surface area contributed by atoms with Gasteiger partial charge in [-0.3, -0.25) is 0 Å². The van der Waals surface area contributed by atoms with E-state index in [4.69, 9.17) is 4.42 Å². The van der Waals surface area contributed by atoms with Crippen molar-refractivity contribution in [2.45, 2.75) is 6.92 Å². The molecule has 0 unspecified atom stereocenters. The molecule has 0 aliphatic carbocycles. The maximum absolute atomic E-state index is 12.1. The quantitative estimate of drug-likeness (QED) is 0.367. The van der Waals surface area contributed by atoms with Gasteiger partial charge in [0.25, 0.3) is 0 Å². The topological polar surface area (TPSA) is 30.2 Å². The molecule has 4 rings (SSSR count). The van der Waals surface area contributed by atoms with E-state index in [0.717, 1.165) is 21.9 Å². The van der Waals surface area contributed by atoms with E-state index in [2.05, 4.69) is 37.3 Å². The van der Waals surface area contributed by atoms with Crippen molar-refractivity contribution in [1.82, 2.24) is 0 Å². The van der Waals surface area contributed by atoms with E-state index < -0.39 is 0 Å². The molecule has 0 saturated carbocycles. The number of para-hydroxylation sites is 1. The van der Waals surface area contributed by atoms with Gasteiger partial charge in [0.1, 0.15) is 5.58 Å². The van der Waals surface area contributed by atoms with Crippen molar-refractivity contribution < 1.29 is 4.42 Å². The van der Waals surface area contributed by atoms with Gasteiger partial charge < -0.3 is 4.42 Å². The highest BCUT2D eigenvalue weighted by Gasteiger charge is 2.08. The molecule has 0 fully saturated rings. The Labute approximate surface area is 127 Å². The summed E-state index contributed by atoms with van der Waals surface area (Å²) < 4.78 is 5.38. The number of aryl methyl sites for hydroxylation is 1. The molecule has 3 aromatic carbocycles. The fraction of sp³-hybridized carbons (Fsp3) is 0.0500. The van der Waals surface area contributed by atoms with Gasteiger partial charge in [-0.05, 0) is 36.2 Å². The van der Waals surface area contributed by atoms with Crippen molar-refractivity contribution in [2.75, 3.05) is 0 Å². The zero-order valence-electron chi connectivity index (χ0n) is 12.2. The smallest absolute Gasteiger partial charge is 0.344 e. The Balaban J connectivity index is 2.06. The molecule has 0 radical (unpaired) electrons. The standard InChI is InChI=1S/C20H14O2/c1-13-6-8-14(9-7-13)15-10-11-17-18(12-15)16-4-2-3-5-19(16)22-20(17)21/h2-12H,1H3. The highest BCUT2D eigenvalue weighted by molar-refractivity contribution is 6.05. The minimum absolute atomic E-state index is 0.288. The van der Waals surface area contributed by atoms with Crippen molar-refractivity contribution in [3.63, 3.8) is 0 Å². The number of fused-ring (bicyclic) bond motifs is 3. The Morgan fingerprint density at radius 3 is 2.27 bits per heavy atom. The maximum atomic E-state index is 12.1. The van der Waals surface area contributed by atoms with Crippen LogP contribution < -0.4 is 5.63 Å². The maximum Gasteiger partial charge on any atom is 0.344 e. The van der Waals surface area contributed by atoms with E-state index in [1.54, 1.807) is 0 Å². The van der Waals surface area contributed by atoms with E-state index in [1.807, 2.05) is 36.4 Å². The zero-order chi connectivity index (χ0) is 15.1. The van der Waals surface area contributed by atoms with Gasteiger partial charge in [0.15, 0.2) is 0 Å². The Kier molecular flexibility index (Phi) is 2.83. The zero-order valence-corrected chi connectivity index (χ0v) is 12.2. The summed E-state index contributed by atoms with van der Waals surface area (Å²) in [7, 11) is 0. The monoisotopic (exact) mass is 286 g/mol. The van der Waals surface area contributed by atoms with Crippen LogP contribution in [0, 0.1) is 6.92 Å². The van der Waals surface area contributed by atoms with Gasteiger partial charge in [0.05, 0.1) is 5.39 Å². The molecule has 106 valence electrons. The lowest BCUT2D eigenvalue weighted by atomic mass is 9.99. The molecule has 0 spiro atoms. The van der Waals surface area contributed by atoms with Crippen molar-refractivity contribution in [2.24, 2.45) is 0 Å². The molecule has 0 bridgehead atoms. The molecule has 1 aromatic heterocycles. The van der Waals surface area contributed by atoms with Gasteiger partial charge in [-0.25, -0.2) is 4.79 Å². The predicted octanol–water partition coefficient (Wildman–Crippen LogP) is 4.92. The minimum Gasteiger partial charge on any atom is -0.422 e. The molecule has 2 nitrogen and oxygen atoms in total. The van der Waals surface area contributed by atoms with Crippen LogP contribution in [-0.4, -0.2) is 0 Å². The molecule has 0 saturated heterocycles. The Bertz CT molecular complexity index is 1040. The Morgan fingerprint density at radius 1 is 0.727 bits per heavy atom. The van der Waals surface area contributed by atoms with Crippen LogP contribution in [0.5, 0.6) is 0 Å². The highest BCUT2D eigenvalue weighted by Crippen LogP contribution is 2.28. The summed E-state index contributed by atoms with van der Waals surface area (Å²) in [5.74, 6) is 0. The van der Waals surface area contributed by atoms with Crippen molar-refractivity contribution in [3.8, 4) is 11.1 Å². The Morgan fingerprint density at radius 2 is 1.45 bits per heavy atom. The van der Waals surface area contributed by atoms with Gasteiger partial charge in [-0.15, -0.1) is 0 Å². The minimum atomic E-state index is -0.288. The van der Waals surface area contributed by atoms with Crippen LogP contribution in [0.2, 0.25) is 0 Å². The van der Waals surface area contributed by atoms with Crippen molar-refractivity contribution >= 4 is 21.7 Å². The third-order valence-electron chi connectivity index (χ3n) is 4.00. The second-order valence-corrected chi connectivity index (χ2v) is 5.51. The molecule has 4 aromatic rings. The summed E-state index contributed by atoms with van der Waals surface area (Å²) in [6.45, 7) is 2.07. The third kappa shape index (κ3) is 2.01. The number of rotatable bonds is 1. The fourth-order valence-corrected chi connectivity index (χ4v) is 2.80. The summed E-state index contributed by atoms with van der Waals surface area (Å²) >= 11 is 0. The van der Waals surface area contributed by atoms with Crippen molar-refractivity contribution in [3.05, 3.63) is 82.7 Å². The first-order valence-corrected chi connectivity index (χ1v) is 7.25. The average Bonchev–Trinajstić information content (AvgIpc) is 2.55. The van der Waals surface area contributed by atoms with Gasteiger partial charge in [0, 0.05) is 10.8 Å². The molecule has 2 heteroatoms. The van der Waals surface area contributed by atoms with Crippen LogP contribution in [0.3, 0.4) is 0 Å². The molecular formula is C20H14O2. The summed E-state index contributed by atoms with van der Waals surface area (Å²) in [4.78, 5) is 12.1. The summed E-state index contributed by atoms with van der Waals surface area (Å²) in [5, 5.41) is 2.52. The largest absolute Gasteiger partial charge is 0.422 e. The normalized spacial score (nSPS) is 11.1. The molecule has 22 heavy (non-hydrogen) atoms. The van der Waals surface area contributed by atoms with Gasteiger partial charge >= 0.3 is 5.63 Å². The van der Waals surface area contributed by atoms with E-state index in [1.165, 1.54) is 5.56 Å². The molecule has 1 heterocycles. The first kappa shape index (κ1) is 12.8. The van der Waals surface area contributed by atoms with Gasteiger partial charge in [0.2, 0.25) is 0 Å². The van der Waals surface area contributed by atoms with Crippen LogP contribution in [0.1, 0.15) is 5.56 Å². The highest BCUT2D eigenvalue weighted by atomic mass is 16.4. The summed E-state index contributed by atoms with van der Waals surface area (Å²) in [6, 6.07) is 21.9. The van der Waals surface area contributed by atoms with Crippen LogP contribution >= 0.6 is 0 Å². The fourth-order valence-electron chi connectivity index (χ4n) is 2.80. The van der Waals surface area contributed by atoms with Crippen LogP contribution in [0.15, 0.2) is 75.9 Å². The lowest BCUT2D eigenvalue weighted by Crippen LogP contribution is -1.99. The molecule has 0 aliphatic rings. The first-order chi connectivity index (χ1) is 10.7. The Hall–Kier alpha value is -2.87. The summed E-state index contributed by atoms with van der Waals surface area (Å²) in [6.07, 6.45) is 0. The number of hydrogen-bond donors (Lipinski definition) is 0. The molecular weight excluding hydrogens is 272 g/mol. The number of benzene rings is 3. The number of hydrogen-bond acceptors (Lipinski definition) is 2. The lowest BCUT2D eigenvalue weighted by Gasteiger charge is -2.06. The van der Waals surface area contributed by atoms with E-state index in [9.17, 15) is 4.79 Å². The van der Waals surface area contributed by atoms with Crippen molar-refractivity contribution in [1.29, 1.82) is 0 Å². The van der Waals surface area contributed by atoms with E-state index in [0.29, 0.717) is 11.0 Å². The third-order valence-corrected chi connectivity index (χ3v) is 4.00. The SMILES string of the molecule is Cc1ccc(-c2ccc3c(=O)oc4ccccc4c3c2)cc1.